The van der Waals surface area contributed by atoms with Gasteiger partial charge in [0.15, 0.2) is 0 Å². The topological polar surface area (TPSA) is 69.7 Å². The molecule has 0 spiro atoms. The van der Waals surface area contributed by atoms with Crippen molar-refractivity contribution in [2.24, 2.45) is 0 Å². The zero-order chi connectivity index (χ0) is 18.0. The molecule has 2 heterocycles. The summed E-state index contributed by atoms with van der Waals surface area (Å²) in [7, 11) is 0. The monoisotopic (exact) mass is 343 g/mol. The number of carbonyl (C=O) groups excluding carboxylic acids is 3. The van der Waals surface area contributed by atoms with Gasteiger partial charge in [0, 0.05) is 50.3 Å². The van der Waals surface area contributed by atoms with Gasteiger partial charge in [0.1, 0.15) is 0 Å². The molecule has 3 rings (SSSR count). The molecule has 0 atom stereocenters. The first-order valence-electron chi connectivity index (χ1n) is 8.93. The van der Waals surface area contributed by atoms with Gasteiger partial charge in [-0.1, -0.05) is 6.07 Å². The van der Waals surface area contributed by atoms with E-state index < -0.39 is 0 Å². The predicted molar refractivity (Wildman–Crippen MR) is 95.4 cm³/mol. The second-order valence-electron chi connectivity index (χ2n) is 6.87. The van der Waals surface area contributed by atoms with Gasteiger partial charge in [0.2, 0.25) is 11.8 Å². The molecular weight excluding hydrogens is 318 g/mol. The Morgan fingerprint density at radius 3 is 2.48 bits per heavy atom. The third-order valence-corrected chi connectivity index (χ3v) is 5.18. The van der Waals surface area contributed by atoms with Crippen molar-refractivity contribution in [1.29, 1.82) is 0 Å². The van der Waals surface area contributed by atoms with E-state index in [9.17, 15) is 14.4 Å². The van der Waals surface area contributed by atoms with Crippen LogP contribution in [0.4, 0.5) is 5.69 Å². The Balaban J connectivity index is 1.66. The molecule has 2 aliphatic rings. The summed E-state index contributed by atoms with van der Waals surface area (Å²) in [6.07, 6.45) is 3.28. The number of piperidine rings is 1. The van der Waals surface area contributed by atoms with Crippen LogP contribution < -0.4 is 5.32 Å². The number of anilines is 1. The first-order valence-corrected chi connectivity index (χ1v) is 8.93. The molecule has 2 saturated heterocycles. The highest BCUT2D eigenvalue weighted by Gasteiger charge is 2.32. The maximum Gasteiger partial charge on any atom is 0.254 e. The molecule has 0 unspecified atom stereocenters. The summed E-state index contributed by atoms with van der Waals surface area (Å²) in [5.74, 6) is 0.100. The van der Waals surface area contributed by atoms with Crippen molar-refractivity contribution >= 4 is 23.4 Å². The minimum atomic E-state index is -0.149. The van der Waals surface area contributed by atoms with Crippen LogP contribution in [0.3, 0.4) is 0 Å². The molecule has 0 aromatic heterocycles. The molecule has 25 heavy (non-hydrogen) atoms. The molecule has 3 amide bonds. The summed E-state index contributed by atoms with van der Waals surface area (Å²) in [4.78, 5) is 39.9. The molecule has 0 saturated carbocycles. The van der Waals surface area contributed by atoms with Crippen molar-refractivity contribution in [2.75, 3.05) is 25.0 Å². The van der Waals surface area contributed by atoms with E-state index in [-0.39, 0.29) is 23.8 Å². The molecule has 1 N–H and O–H groups in total. The number of hydrogen-bond donors (Lipinski definition) is 1. The first-order chi connectivity index (χ1) is 12.0. The summed E-state index contributed by atoms with van der Waals surface area (Å²) >= 11 is 0. The molecular formula is C19H25N3O3. The van der Waals surface area contributed by atoms with Crippen LogP contribution in [0.2, 0.25) is 0 Å². The van der Waals surface area contributed by atoms with E-state index in [1.165, 1.54) is 6.92 Å². The van der Waals surface area contributed by atoms with Crippen LogP contribution in [-0.2, 0) is 9.59 Å². The minimum absolute atomic E-state index is 0.00380. The summed E-state index contributed by atoms with van der Waals surface area (Å²) in [6.45, 7) is 5.50. The normalized spacial score (nSPS) is 18.6. The molecule has 1 aromatic rings. The molecule has 6 nitrogen and oxygen atoms in total. The van der Waals surface area contributed by atoms with Crippen LogP contribution in [0.5, 0.6) is 0 Å². The smallest absolute Gasteiger partial charge is 0.254 e. The average molecular weight is 343 g/mol. The zero-order valence-corrected chi connectivity index (χ0v) is 14.9. The summed E-state index contributed by atoms with van der Waals surface area (Å²) in [6, 6.07) is 5.67. The van der Waals surface area contributed by atoms with Gasteiger partial charge in [-0.2, -0.15) is 0 Å². The first kappa shape index (κ1) is 17.5. The van der Waals surface area contributed by atoms with E-state index in [0.29, 0.717) is 30.8 Å². The summed E-state index contributed by atoms with van der Waals surface area (Å²) < 4.78 is 0. The van der Waals surface area contributed by atoms with Gasteiger partial charge in [-0.05, 0) is 43.9 Å². The standard InChI is InChI=1S/C19H25N3O3/c1-13-16(5-3-6-17(13)20-14(2)23)19(25)21-11-8-15(9-12-21)22-10-4-7-18(22)24/h3,5-6,15H,4,7-12H2,1-2H3,(H,20,23). The van der Waals surface area contributed by atoms with Gasteiger partial charge in [0.05, 0.1) is 0 Å². The zero-order valence-electron chi connectivity index (χ0n) is 14.9. The predicted octanol–water partition coefficient (Wildman–Crippen LogP) is 2.18. The van der Waals surface area contributed by atoms with E-state index >= 15 is 0 Å². The van der Waals surface area contributed by atoms with E-state index in [0.717, 1.165) is 31.4 Å². The fourth-order valence-corrected chi connectivity index (χ4v) is 3.80. The third kappa shape index (κ3) is 3.67. The molecule has 0 bridgehead atoms. The number of carbonyl (C=O) groups is 3. The van der Waals surface area contributed by atoms with Crippen molar-refractivity contribution < 1.29 is 14.4 Å². The highest BCUT2D eigenvalue weighted by molar-refractivity contribution is 5.99. The fraction of sp³-hybridized carbons (Fsp3) is 0.526. The lowest BCUT2D eigenvalue weighted by molar-refractivity contribution is -0.130. The highest BCUT2D eigenvalue weighted by atomic mass is 16.2. The van der Waals surface area contributed by atoms with Crippen LogP contribution in [0.15, 0.2) is 18.2 Å². The quantitative estimate of drug-likeness (QED) is 0.914. The fourth-order valence-electron chi connectivity index (χ4n) is 3.80. The number of amides is 3. The second kappa shape index (κ2) is 7.25. The Morgan fingerprint density at radius 2 is 1.88 bits per heavy atom. The van der Waals surface area contributed by atoms with Gasteiger partial charge >= 0.3 is 0 Å². The minimum Gasteiger partial charge on any atom is -0.340 e. The maximum atomic E-state index is 12.9. The van der Waals surface area contributed by atoms with Crippen LogP contribution in [0, 0.1) is 6.92 Å². The van der Waals surface area contributed by atoms with Gasteiger partial charge in [0.25, 0.3) is 5.91 Å². The number of likely N-dealkylation sites (tertiary alicyclic amines) is 2. The van der Waals surface area contributed by atoms with Crippen molar-refractivity contribution in [2.45, 2.75) is 45.6 Å². The maximum absolute atomic E-state index is 12.9. The number of nitrogens with one attached hydrogen (secondary N) is 1. The number of rotatable bonds is 3. The van der Waals surface area contributed by atoms with Gasteiger partial charge in [-0.15, -0.1) is 0 Å². The average Bonchev–Trinajstić information content (AvgIpc) is 3.02. The van der Waals surface area contributed by atoms with E-state index in [1.807, 2.05) is 16.7 Å². The lowest BCUT2D eigenvalue weighted by Gasteiger charge is -2.37. The third-order valence-electron chi connectivity index (χ3n) is 5.18. The largest absolute Gasteiger partial charge is 0.340 e. The molecule has 0 aliphatic carbocycles. The lowest BCUT2D eigenvalue weighted by Crippen LogP contribution is -2.47. The Morgan fingerprint density at radius 1 is 1.16 bits per heavy atom. The molecule has 2 fully saturated rings. The second-order valence-corrected chi connectivity index (χ2v) is 6.87. The summed E-state index contributed by atoms with van der Waals surface area (Å²) in [5.41, 5.74) is 2.09. The molecule has 0 radical (unpaired) electrons. The SMILES string of the molecule is CC(=O)Nc1cccc(C(=O)N2CCC(N3CCCC3=O)CC2)c1C. The van der Waals surface area contributed by atoms with E-state index in [1.54, 1.807) is 18.2 Å². The van der Waals surface area contributed by atoms with Crippen LogP contribution in [0.1, 0.15) is 48.5 Å². The van der Waals surface area contributed by atoms with Gasteiger partial charge in [-0.25, -0.2) is 0 Å². The molecule has 2 aliphatic heterocycles. The van der Waals surface area contributed by atoms with E-state index in [4.69, 9.17) is 0 Å². The Bertz CT molecular complexity index is 693. The number of nitrogens with zero attached hydrogens (tertiary/aromatic N) is 2. The van der Waals surface area contributed by atoms with Crippen molar-refractivity contribution in [1.82, 2.24) is 9.80 Å². The highest BCUT2D eigenvalue weighted by Crippen LogP contribution is 2.25. The molecule has 134 valence electrons. The lowest BCUT2D eigenvalue weighted by atomic mass is 10.0. The van der Waals surface area contributed by atoms with Crippen LogP contribution in [-0.4, -0.2) is 53.2 Å². The van der Waals surface area contributed by atoms with E-state index in [2.05, 4.69) is 5.32 Å². The molecule has 6 heteroatoms. The van der Waals surface area contributed by atoms with Crippen LogP contribution in [0.25, 0.3) is 0 Å². The summed E-state index contributed by atoms with van der Waals surface area (Å²) in [5, 5.41) is 2.77. The number of benzene rings is 1. The Hall–Kier alpha value is -2.37. The van der Waals surface area contributed by atoms with Crippen molar-refractivity contribution in [3.63, 3.8) is 0 Å². The van der Waals surface area contributed by atoms with Crippen LogP contribution >= 0.6 is 0 Å². The Kier molecular flexibility index (Phi) is 5.06. The number of hydrogen-bond acceptors (Lipinski definition) is 3. The van der Waals surface area contributed by atoms with Gasteiger partial charge in [-0.3, -0.25) is 14.4 Å². The van der Waals surface area contributed by atoms with Crippen molar-refractivity contribution in [3.05, 3.63) is 29.3 Å². The molecule has 1 aromatic carbocycles. The van der Waals surface area contributed by atoms with Gasteiger partial charge < -0.3 is 15.1 Å². The van der Waals surface area contributed by atoms with Crippen molar-refractivity contribution in [3.8, 4) is 0 Å². The Labute approximate surface area is 148 Å².